The largest absolute Gasteiger partial charge is 0.379 e. The third-order valence-corrected chi connectivity index (χ3v) is 2.98. The molecule has 0 unspecified atom stereocenters. The molecule has 1 aliphatic heterocycles. The molecule has 3 rings (SSSR count). The number of morpholine rings is 1. The van der Waals surface area contributed by atoms with E-state index in [1.807, 2.05) is 24.4 Å². The van der Waals surface area contributed by atoms with E-state index in [9.17, 15) is 0 Å². The Kier molecular flexibility index (Phi) is 5.88. The minimum atomic E-state index is 0. The minimum absolute atomic E-state index is 0. The third kappa shape index (κ3) is 3.14. The Labute approximate surface area is 119 Å². The van der Waals surface area contributed by atoms with Crippen LogP contribution in [0.3, 0.4) is 0 Å². The highest BCUT2D eigenvalue weighted by atomic mass is 35.5. The molecule has 0 saturated carbocycles. The summed E-state index contributed by atoms with van der Waals surface area (Å²) in [5.74, 6) is 0. The molecule has 1 saturated heterocycles. The third-order valence-electron chi connectivity index (χ3n) is 2.98. The van der Waals surface area contributed by atoms with Crippen molar-refractivity contribution in [1.82, 2.24) is 14.3 Å². The Morgan fingerprint density at radius 2 is 1.94 bits per heavy atom. The molecule has 0 amide bonds. The van der Waals surface area contributed by atoms with E-state index in [2.05, 4.69) is 20.5 Å². The highest BCUT2D eigenvalue weighted by Crippen LogP contribution is 2.10. The minimum Gasteiger partial charge on any atom is -0.379 e. The topological polar surface area (TPSA) is 29.8 Å². The first-order valence-electron chi connectivity index (χ1n) is 5.64. The van der Waals surface area contributed by atoms with Gasteiger partial charge in [-0.05, 0) is 12.1 Å². The number of fused-ring (bicyclic) bond motifs is 1. The van der Waals surface area contributed by atoms with Crippen LogP contribution in [0, 0.1) is 0 Å². The van der Waals surface area contributed by atoms with E-state index >= 15 is 0 Å². The fourth-order valence-corrected chi connectivity index (χ4v) is 2.09. The van der Waals surface area contributed by atoms with Crippen LogP contribution < -0.4 is 0 Å². The summed E-state index contributed by atoms with van der Waals surface area (Å²) in [6.45, 7) is 4.67. The quantitative estimate of drug-likeness (QED) is 0.847. The predicted molar refractivity (Wildman–Crippen MR) is 75.8 cm³/mol. The molecule has 0 aromatic carbocycles. The summed E-state index contributed by atoms with van der Waals surface area (Å²) in [6, 6.07) is 6.08. The van der Waals surface area contributed by atoms with Crippen LogP contribution in [-0.2, 0) is 11.3 Å². The number of hydrogen-bond acceptors (Lipinski definition) is 3. The SMILES string of the molecule is Cl.Cl.c1ccn2c(CN3CCOCC3)cnc2c1. The van der Waals surface area contributed by atoms with Crippen LogP contribution in [0.15, 0.2) is 30.6 Å². The first-order valence-corrected chi connectivity index (χ1v) is 5.64. The molecule has 2 aromatic rings. The van der Waals surface area contributed by atoms with Crippen molar-refractivity contribution in [3.05, 3.63) is 36.3 Å². The molecule has 4 nitrogen and oxygen atoms in total. The van der Waals surface area contributed by atoms with Gasteiger partial charge in [0.2, 0.25) is 0 Å². The molecule has 1 aliphatic rings. The van der Waals surface area contributed by atoms with Gasteiger partial charge < -0.3 is 9.14 Å². The number of aromatic nitrogens is 2. The van der Waals surface area contributed by atoms with Gasteiger partial charge in [-0.2, -0.15) is 0 Å². The van der Waals surface area contributed by atoms with E-state index in [-0.39, 0.29) is 24.8 Å². The van der Waals surface area contributed by atoms with Gasteiger partial charge in [0.05, 0.1) is 25.1 Å². The molecular formula is C12H17Cl2N3O. The second-order valence-electron chi connectivity index (χ2n) is 4.07. The van der Waals surface area contributed by atoms with Gasteiger partial charge in [0, 0.05) is 25.8 Å². The van der Waals surface area contributed by atoms with Gasteiger partial charge in [-0.25, -0.2) is 4.98 Å². The van der Waals surface area contributed by atoms with Gasteiger partial charge in [-0.3, -0.25) is 4.90 Å². The van der Waals surface area contributed by atoms with Gasteiger partial charge in [-0.1, -0.05) is 6.07 Å². The van der Waals surface area contributed by atoms with Gasteiger partial charge in [0.15, 0.2) is 0 Å². The average Bonchev–Trinajstić information content (AvgIpc) is 2.74. The molecule has 0 aliphatic carbocycles. The van der Waals surface area contributed by atoms with Gasteiger partial charge in [0.25, 0.3) is 0 Å². The Morgan fingerprint density at radius 1 is 1.17 bits per heavy atom. The molecule has 0 spiro atoms. The summed E-state index contributed by atoms with van der Waals surface area (Å²) in [7, 11) is 0. The number of pyridine rings is 1. The van der Waals surface area contributed by atoms with Crippen molar-refractivity contribution < 1.29 is 4.74 Å². The van der Waals surface area contributed by atoms with E-state index in [0.29, 0.717) is 0 Å². The number of imidazole rings is 1. The van der Waals surface area contributed by atoms with Crippen molar-refractivity contribution in [2.75, 3.05) is 26.3 Å². The lowest BCUT2D eigenvalue weighted by molar-refractivity contribution is 0.0335. The number of ether oxygens (including phenoxy) is 1. The Bertz CT molecular complexity index is 483. The lowest BCUT2D eigenvalue weighted by Crippen LogP contribution is -2.35. The fourth-order valence-electron chi connectivity index (χ4n) is 2.09. The normalized spacial score (nSPS) is 16.0. The second kappa shape index (κ2) is 6.95. The predicted octanol–water partition coefficient (Wildman–Crippen LogP) is 2.01. The molecule has 18 heavy (non-hydrogen) atoms. The molecule has 0 radical (unpaired) electrons. The first kappa shape index (κ1) is 15.2. The summed E-state index contributed by atoms with van der Waals surface area (Å²) >= 11 is 0. The van der Waals surface area contributed by atoms with Crippen molar-refractivity contribution in [2.24, 2.45) is 0 Å². The highest BCUT2D eigenvalue weighted by molar-refractivity contribution is 5.85. The number of halogens is 2. The van der Waals surface area contributed by atoms with Crippen LogP contribution in [0.2, 0.25) is 0 Å². The Hall–Kier alpha value is -0.810. The molecule has 6 heteroatoms. The Morgan fingerprint density at radius 3 is 2.72 bits per heavy atom. The maximum atomic E-state index is 5.34. The first-order chi connectivity index (χ1) is 7.93. The van der Waals surface area contributed by atoms with E-state index in [1.54, 1.807) is 0 Å². The van der Waals surface area contributed by atoms with Crippen LogP contribution in [0.4, 0.5) is 0 Å². The average molecular weight is 290 g/mol. The van der Waals surface area contributed by atoms with E-state index in [4.69, 9.17) is 4.74 Å². The fraction of sp³-hybridized carbons (Fsp3) is 0.417. The van der Waals surface area contributed by atoms with Crippen LogP contribution in [-0.4, -0.2) is 40.6 Å². The molecule has 1 fully saturated rings. The summed E-state index contributed by atoms with van der Waals surface area (Å²) in [6.07, 6.45) is 4.03. The van der Waals surface area contributed by atoms with Crippen LogP contribution in [0.5, 0.6) is 0 Å². The monoisotopic (exact) mass is 289 g/mol. The van der Waals surface area contributed by atoms with Crippen molar-refractivity contribution in [1.29, 1.82) is 0 Å². The lowest BCUT2D eigenvalue weighted by Gasteiger charge is -2.26. The maximum absolute atomic E-state index is 5.34. The van der Waals surface area contributed by atoms with Crippen LogP contribution in [0.25, 0.3) is 5.65 Å². The molecule has 3 heterocycles. The summed E-state index contributed by atoms with van der Waals surface area (Å²) in [4.78, 5) is 6.79. The number of hydrogen-bond donors (Lipinski definition) is 0. The second-order valence-corrected chi connectivity index (χ2v) is 4.07. The smallest absolute Gasteiger partial charge is 0.136 e. The zero-order chi connectivity index (χ0) is 10.8. The highest BCUT2D eigenvalue weighted by Gasteiger charge is 2.12. The molecule has 2 aromatic heterocycles. The van der Waals surface area contributed by atoms with E-state index in [1.165, 1.54) is 5.69 Å². The van der Waals surface area contributed by atoms with Gasteiger partial charge in [0.1, 0.15) is 5.65 Å². The number of nitrogens with zero attached hydrogens (tertiary/aromatic N) is 3. The van der Waals surface area contributed by atoms with Crippen LogP contribution >= 0.6 is 24.8 Å². The Balaban J connectivity index is 0.000000810. The van der Waals surface area contributed by atoms with Gasteiger partial charge in [-0.15, -0.1) is 24.8 Å². The lowest BCUT2D eigenvalue weighted by atomic mass is 10.3. The van der Waals surface area contributed by atoms with Crippen molar-refractivity contribution in [3.8, 4) is 0 Å². The van der Waals surface area contributed by atoms with Crippen molar-refractivity contribution in [2.45, 2.75) is 6.54 Å². The van der Waals surface area contributed by atoms with Gasteiger partial charge >= 0.3 is 0 Å². The molecule has 100 valence electrons. The van der Waals surface area contributed by atoms with Crippen molar-refractivity contribution >= 4 is 30.5 Å². The molecule has 0 atom stereocenters. The standard InChI is InChI=1S/C12H15N3O.2ClH/c1-2-4-15-11(9-13-12(15)3-1)10-14-5-7-16-8-6-14;;/h1-4,9H,5-8,10H2;2*1H. The zero-order valence-electron chi connectivity index (χ0n) is 9.99. The van der Waals surface area contributed by atoms with E-state index < -0.39 is 0 Å². The van der Waals surface area contributed by atoms with Crippen LogP contribution in [0.1, 0.15) is 5.69 Å². The summed E-state index contributed by atoms with van der Waals surface area (Å²) < 4.78 is 7.49. The maximum Gasteiger partial charge on any atom is 0.136 e. The zero-order valence-corrected chi connectivity index (χ0v) is 11.6. The molecular weight excluding hydrogens is 273 g/mol. The van der Waals surface area contributed by atoms with E-state index in [0.717, 1.165) is 38.5 Å². The van der Waals surface area contributed by atoms with Crippen molar-refractivity contribution in [3.63, 3.8) is 0 Å². The molecule has 0 bridgehead atoms. The number of rotatable bonds is 2. The summed E-state index contributed by atoms with van der Waals surface area (Å²) in [5.41, 5.74) is 2.27. The molecule has 0 N–H and O–H groups in total. The summed E-state index contributed by atoms with van der Waals surface area (Å²) in [5, 5.41) is 0.